The summed E-state index contributed by atoms with van der Waals surface area (Å²) in [5, 5.41) is 2.87. The lowest BCUT2D eigenvalue weighted by Gasteiger charge is -2.32. The molecule has 0 bridgehead atoms. The number of methoxy groups -OCH3 is 1. The Morgan fingerprint density at radius 1 is 1.00 bits per heavy atom. The largest absolute Gasteiger partial charge is 0.497 e. The highest BCUT2D eigenvalue weighted by atomic mass is 16.5. The van der Waals surface area contributed by atoms with Gasteiger partial charge < -0.3 is 15.0 Å². The number of imide groups is 1. The third kappa shape index (κ3) is 6.13. The summed E-state index contributed by atoms with van der Waals surface area (Å²) in [6.07, 6.45) is 5.27. The molecule has 200 valence electrons. The second-order valence-corrected chi connectivity index (χ2v) is 9.71. The van der Waals surface area contributed by atoms with E-state index in [0.717, 1.165) is 11.1 Å². The molecule has 1 fully saturated rings. The molecule has 0 radical (unpaired) electrons. The second-order valence-electron chi connectivity index (χ2n) is 9.71. The maximum Gasteiger partial charge on any atom is 0.243 e. The molecule has 0 saturated carbocycles. The first-order valence-corrected chi connectivity index (χ1v) is 13.2. The number of ether oxygens (including phenoxy) is 1. The standard InChI is InChI=1S/C30H35N3O5/c1-3-31-28(35)26(19-21-10-5-4-6-11-21)33(20-22-12-9-13-23(18-22)38-2)27(34)16-17-32-29(36)24-14-7-8-15-25(24)30(32)37/h4-13,18,24-26H,3,14-17,19-20H2,1-2H3,(H,31,35)/t24-,25+,26-/m0/s1. The van der Waals surface area contributed by atoms with Crippen LogP contribution in [0.4, 0.5) is 0 Å². The lowest BCUT2D eigenvalue weighted by Crippen LogP contribution is -2.51. The fourth-order valence-electron chi connectivity index (χ4n) is 5.25. The summed E-state index contributed by atoms with van der Waals surface area (Å²) in [5.74, 6) is -0.987. The molecule has 8 heteroatoms. The summed E-state index contributed by atoms with van der Waals surface area (Å²) in [7, 11) is 1.58. The Hall–Kier alpha value is -3.94. The fraction of sp³-hybridized carbons (Fsp3) is 0.400. The van der Waals surface area contributed by atoms with Crippen LogP contribution in [0.5, 0.6) is 5.75 Å². The first-order valence-electron chi connectivity index (χ1n) is 13.2. The van der Waals surface area contributed by atoms with E-state index >= 15 is 0 Å². The Kier molecular flexibility index (Phi) is 8.94. The van der Waals surface area contributed by atoms with Gasteiger partial charge in [0, 0.05) is 32.5 Å². The minimum atomic E-state index is -0.771. The van der Waals surface area contributed by atoms with E-state index in [1.54, 1.807) is 12.0 Å². The molecule has 2 aromatic rings. The summed E-state index contributed by atoms with van der Waals surface area (Å²) < 4.78 is 5.35. The molecule has 4 rings (SSSR count). The van der Waals surface area contributed by atoms with E-state index in [0.29, 0.717) is 31.6 Å². The van der Waals surface area contributed by atoms with Crippen LogP contribution in [-0.2, 0) is 32.1 Å². The van der Waals surface area contributed by atoms with Crippen molar-refractivity contribution < 1.29 is 23.9 Å². The van der Waals surface area contributed by atoms with Crippen molar-refractivity contribution in [1.29, 1.82) is 0 Å². The molecular weight excluding hydrogens is 482 g/mol. The number of hydrogen-bond donors (Lipinski definition) is 1. The van der Waals surface area contributed by atoms with Gasteiger partial charge in [0.25, 0.3) is 0 Å². The number of likely N-dealkylation sites (tertiary alicyclic amines) is 1. The quantitative estimate of drug-likeness (QED) is 0.365. The van der Waals surface area contributed by atoms with Crippen molar-refractivity contribution in [1.82, 2.24) is 15.1 Å². The molecule has 1 aliphatic heterocycles. The number of amides is 4. The van der Waals surface area contributed by atoms with Crippen LogP contribution in [0.25, 0.3) is 0 Å². The monoisotopic (exact) mass is 517 g/mol. The highest BCUT2D eigenvalue weighted by molar-refractivity contribution is 6.05. The summed E-state index contributed by atoms with van der Waals surface area (Å²) >= 11 is 0. The summed E-state index contributed by atoms with van der Waals surface area (Å²) in [6, 6.07) is 16.2. The molecule has 1 N–H and O–H groups in total. The van der Waals surface area contributed by atoms with Crippen molar-refractivity contribution in [2.75, 3.05) is 20.2 Å². The number of hydrogen-bond acceptors (Lipinski definition) is 5. The molecule has 8 nitrogen and oxygen atoms in total. The summed E-state index contributed by atoms with van der Waals surface area (Å²) in [4.78, 5) is 55.7. The lowest BCUT2D eigenvalue weighted by molar-refractivity contribution is -0.144. The predicted molar refractivity (Wildman–Crippen MR) is 143 cm³/mol. The van der Waals surface area contributed by atoms with Crippen LogP contribution in [0.1, 0.15) is 37.3 Å². The zero-order valence-electron chi connectivity index (χ0n) is 22.0. The fourth-order valence-corrected chi connectivity index (χ4v) is 5.25. The number of fused-ring (bicyclic) bond motifs is 1. The zero-order valence-corrected chi connectivity index (χ0v) is 22.0. The summed E-state index contributed by atoms with van der Waals surface area (Å²) in [6.45, 7) is 2.46. The molecule has 2 aromatic carbocycles. The van der Waals surface area contributed by atoms with Crippen LogP contribution < -0.4 is 10.1 Å². The highest BCUT2D eigenvalue weighted by Crippen LogP contribution is 2.35. The Labute approximate surface area is 223 Å². The van der Waals surface area contributed by atoms with Crippen molar-refractivity contribution in [3.63, 3.8) is 0 Å². The van der Waals surface area contributed by atoms with E-state index in [1.807, 2.05) is 73.7 Å². The Bertz CT molecular complexity index is 1170. The van der Waals surface area contributed by atoms with Gasteiger partial charge in [-0.1, -0.05) is 54.6 Å². The van der Waals surface area contributed by atoms with Gasteiger partial charge in [-0.05, 0) is 43.0 Å². The number of benzene rings is 2. The van der Waals surface area contributed by atoms with E-state index in [-0.39, 0.29) is 55.0 Å². The Balaban J connectivity index is 1.58. The van der Waals surface area contributed by atoms with Crippen molar-refractivity contribution in [2.24, 2.45) is 11.8 Å². The molecule has 2 aliphatic rings. The number of nitrogens with one attached hydrogen (secondary N) is 1. The topological polar surface area (TPSA) is 96.0 Å². The van der Waals surface area contributed by atoms with Gasteiger partial charge in [-0.3, -0.25) is 24.1 Å². The van der Waals surface area contributed by atoms with Crippen LogP contribution >= 0.6 is 0 Å². The Morgan fingerprint density at radius 2 is 1.66 bits per heavy atom. The molecular formula is C30H35N3O5. The van der Waals surface area contributed by atoms with Crippen LogP contribution in [0, 0.1) is 11.8 Å². The van der Waals surface area contributed by atoms with E-state index in [2.05, 4.69) is 5.32 Å². The minimum absolute atomic E-state index is 0.00552. The normalized spacial score (nSPS) is 19.2. The lowest BCUT2D eigenvalue weighted by atomic mass is 9.85. The van der Waals surface area contributed by atoms with Crippen molar-refractivity contribution in [3.05, 3.63) is 77.9 Å². The summed E-state index contributed by atoms with van der Waals surface area (Å²) in [5.41, 5.74) is 1.74. The maximum absolute atomic E-state index is 13.8. The molecule has 0 spiro atoms. The van der Waals surface area contributed by atoms with Gasteiger partial charge in [0.1, 0.15) is 11.8 Å². The SMILES string of the molecule is CCNC(=O)[C@H](Cc1ccccc1)N(Cc1cccc(OC)c1)C(=O)CCN1C(=O)[C@H]2CC=CC[C@H]2C1=O. The first-order chi connectivity index (χ1) is 18.4. The van der Waals surface area contributed by atoms with Crippen molar-refractivity contribution >= 4 is 23.6 Å². The Morgan fingerprint density at radius 3 is 2.29 bits per heavy atom. The number of likely N-dealkylation sites (N-methyl/N-ethyl adjacent to an activating group) is 1. The molecule has 1 saturated heterocycles. The van der Waals surface area contributed by atoms with Crippen LogP contribution in [0.15, 0.2) is 66.7 Å². The number of carbonyl (C=O) groups is 4. The average molecular weight is 518 g/mol. The smallest absolute Gasteiger partial charge is 0.243 e. The number of nitrogens with zero attached hydrogens (tertiary/aromatic N) is 2. The molecule has 3 atom stereocenters. The third-order valence-electron chi connectivity index (χ3n) is 7.26. The van der Waals surface area contributed by atoms with Gasteiger partial charge in [0.15, 0.2) is 0 Å². The number of allylic oxidation sites excluding steroid dienone is 2. The van der Waals surface area contributed by atoms with E-state index in [1.165, 1.54) is 4.90 Å². The van der Waals surface area contributed by atoms with Gasteiger partial charge in [-0.25, -0.2) is 0 Å². The minimum Gasteiger partial charge on any atom is -0.497 e. The van der Waals surface area contributed by atoms with Crippen LogP contribution in [0.2, 0.25) is 0 Å². The van der Waals surface area contributed by atoms with Crippen molar-refractivity contribution in [2.45, 2.75) is 45.2 Å². The van der Waals surface area contributed by atoms with Crippen LogP contribution in [0.3, 0.4) is 0 Å². The third-order valence-corrected chi connectivity index (χ3v) is 7.26. The van der Waals surface area contributed by atoms with Crippen LogP contribution in [-0.4, -0.2) is 59.7 Å². The molecule has 0 unspecified atom stereocenters. The predicted octanol–water partition coefficient (Wildman–Crippen LogP) is 3.11. The van der Waals surface area contributed by atoms with Gasteiger partial charge in [0.2, 0.25) is 23.6 Å². The average Bonchev–Trinajstić information content (AvgIpc) is 3.19. The number of carbonyl (C=O) groups excluding carboxylic acids is 4. The van der Waals surface area contributed by atoms with E-state index in [4.69, 9.17) is 4.74 Å². The molecule has 1 heterocycles. The molecule has 0 aromatic heterocycles. The van der Waals surface area contributed by atoms with Gasteiger partial charge >= 0.3 is 0 Å². The first kappa shape index (κ1) is 27.1. The molecule has 38 heavy (non-hydrogen) atoms. The zero-order chi connectivity index (χ0) is 27.1. The van der Waals surface area contributed by atoms with Crippen molar-refractivity contribution in [3.8, 4) is 5.75 Å². The van der Waals surface area contributed by atoms with Gasteiger partial charge in [-0.15, -0.1) is 0 Å². The maximum atomic E-state index is 13.8. The second kappa shape index (κ2) is 12.5. The highest BCUT2D eigenvalue weighted by Gasteiger charge is 2.47. The van der Waals surface area contributed by atoms with Gasteiger partial charge in [0.05, 0.1) is 18.9 Å². The molecule has 1 aliphatic carbocycles. The molecule has 4 amide bonds. The van der Waals surface area contributed by atoms with Gasteiger partial charge in [-0.2, -0.15) is 0 Å². The van der Waals surface area contributed by atoms with E-state index in [9.17, 15) is 19.2 Å². The van der Waals surface area contributed by atoms with E-state index < -0.39 is 6.04 Å². The number of rotatable bonds is 11.